The summed E-state index contributed by atoms with van der Waals surface area (Å²) < 4.78 is 37.1. The lowest BCUT2D eigenvalue weighted by Crippen LogP contribution is -2.45. The van der Waals surface area contributed by atoms with Gasteiger partial charge in [-0.2, -0.15) is 13.2 Å². The van der Waals surface area contributed by atoms with Crippen molar-refractivity contribution in [1.29, 1.82) is 0 Å². The fourth-order valence-electron chi connectivity index (χ4n) is 1.88. The molecule has 0 radical (unpaired) electrons. The smallest absolute Gasteiger partial charge is 0.379 e. The number of alkyl halides is 3. The zero-order valence-electron chi connectivity index (χ0n) is 11.3. The van der Waals surface area contributed by atoms with Crippen molar-refractivity contribution in [3.63, 3.8) is 0 Å². The lowest BCUT2D eigenvalue weighted by molar-refractivity contribution is -0.167. The second-order valence-corrected chi connectivity index (χ2v) is 5.65. The van der Waals surface area contributed by atoms with Gasteiger partial charge < -0.3 is 5.11 Å². The topological polar surface area (TPSA) is 23.5 Å². The van der Waals surface area contributed by atoms with E-state index in [1.54, 1.807) is 0 Å². The van der Waals surface area contributed by atoms with Crippen LogP contribution in [0.25, 0.3) is 0 Å². The summed E-state index contributed by atoms with van der Waals surface area (Å²) >= 11 is 0. The van der Waals surface area contributed by atoms with Crippen LogP contribution in [0.15, 0.2) is 0 Å². The fraction of sp³-hybridized carbons (Fsp3) is 1.00. The Morgan fingerprint density at radius 1 is 1.18 bits per heavy atom. The zero-order valence-corrected chi connectivity index (χ0v) is 11.3. The molecular formula is C12H24F3NO. The average molecular weight is 255 g/mol. The Morgan fingerprint density at radius 3 is 1.88 bits per heavy atom. The number of hydrogen-bond acceptors (Lipinski definition) is 2. The van der Waals surface area contributed by atoms with Gasteiger partial charge in [0.1, 0.15) is 6.23 Å². The second kappa shape index (κ2) is 6.05. The molecule has 5 heteroatoms. The van der Waals surface area contributed by atoms with Crippen LogP contribution in [0.2, 0.25) is 0 Å². The monoisotopic (exact) mass is 255 g/mol. The average Bonchev–Trinajstić information content (AvgIpc) is 2.07. The Balaban J connectivity index is 4.64. The van der Waals surface area contributed by atoms with Crippen LogP contribution in [0, 0.1) is 11.3 Å². The van der Waals surface area contributed by atoms with Gasteiger partial charge in [0.25, 0.3) is 0 Å². The van der Waals surface area contributed by atoms with Gasteiger partial charge in [-0.3, -0.25) is 4.90 Å². The van der Waals surface area contributed by atoms with Crippen LogP contribution >= 0.6 is 0 Å². The van der Waals surface area contributed by atoms with Crippen molar-refractivity contribution >= 4 is 0 Å². The maximum atomic E-state index is 12.4. The molecule has 2 atom stereocenters. The molecule has 0 bridgehead atoms. The summed E-state index contributed by atoms with van der Waals surface area (Å²) in [6, 6.07) is 0. The van der Waals surface area contributed by atoms with Crippen LogP contribution in [-0.2, 0) is 0 Å². The molecule has 17 heavy (non-hydrogen) atoms. The minimum atomic E-state index is -4.27. The van der Waals surface area contributed by atoms with Crippen LogP contribution in [0.5, 0.6) is 0 Å². The highest BCUT2D eigenvalue weighted by molar-refractivity contribution is 4.77. The summed E-state index contributed by atoms with van der Waals surface area (Å²) in [6.07, 6.45) is -4.55. The van der Waals surface area contributed by atoms with Crippen LogP contribution in [0.4, 0.5) is 13.2 Å². The van der Waals surface area contributed by atoms with Gasteiger partial charge in [0.05, 0.1) is 6.54 Å². The van der Waals surface area contributed by atoms with Crippen molar-refractivity contribution in [2.45, 2.75) is 53.4 Å². The molecule has 0 fully saturated rings. The van der Waals surface area contributed by atoms with E-state index in [-0.39, 0.29) is 17.9 Å². The highest BCUT2D eigenvalue weighted by Gasteiger charge is 2.35. The minimum absolute atomic E-state index is 0.0620. The molecule has 0 amide bonds. The highest BCUT2D eigenvalue weighted by Crippen LogP contribution is 2.30. The predicted molar refractivity (Wildman–Crippen MR) is 62.5 cm³/mol. The van der Waals surface area contributed by atoms with E-state index in [0.29, 0.717) is 0 Å². The van der Waals surface area contributed by atoms with Gasteiger partial charge in [0.15, 0.2) is 0 Å². The zero-order chi connectivity index (χ0) is 13.9. The number of aliphatic hydroxyl groups is 1. The van der Waals surface area contributed by atoms with Crippen molar-refractivity contribution in [3.8, 4) is 0 Å². The first-order valence-electron chi connectivity index (χ1n) is 5.96. The van der Waals surface area contributed by atoms with Gasteiger partial charge in [0, 0.05) is 6.54 Å². The SMILES string of the molecule is CC[C@@H](CN(CC(F)(F)F)C(C)O)C(C)(C)C. The third-order valence-electron chi connectivity index (χ3n) is 3.08. The molecule has 2 nitrogen and oxygen atoms in total. The lowest BCUT2D eigenvalue weighted by Gasteiger charge is -2.36. The van der Waals surface area contributed by atoms with E-state index < -0.39 is 18.9 Å². The molecule has 0 aliphatic heterocycles. The third-order valence-corrected chi connectivity index (χ3v) is 3.08. The lowest BCUT2D eigenvalue weighted by atomic mass is 9.79. The summed E-state index contributed by atoms with van der Waals surface area (Å²) in [7, 11) is 0. The molecule has 104 valence electrons. The summed E-state index contributed by atoms with van der Waals surface area (Å²) in [5.74, 6) is 0.124. The van der Waals surface area contributed by atoms with Crippen molar-refractivity contribution < 1.29 is 18.3 Å². The summed E-state index contributed by atoms with van der Waals surface area (Å²) in [5, 5.41) is 9.41. The summed E-state index contributed by atoms with van der Waals surface area (Å²) in [4.78, 5) is 1.08. The van der Waals surface area contributed by atoms with Crippen LogP contribution < -0.4 is 0 Å². The Hall–Kier alpha value is -0.290. The standard InChI is InChI=1S/C12H24F3NO/c1-6-10(11(3,4)5)7-16(9(2)17)8-12(13,14)15/h9-10,17H,6-8H2,1-5H3/t9?,10-/m0/s1. The van der Waals surface area contributed by atoms with E-state index in [9.17, 15) is 18.3 Å². The molecule has 0 aliphatic rings. The van der Waals surface area contributed by atoms with Crippen molar-refractivity contribution in [3.05, 3.63) is 0 Å². The number of aliphatic hydroxyl groups excluding tert-OH is 1. The molecule has 1 unspecified atom stereocenters. The highest BCUT2D eigenvalue weighted by atomic mass is 19.4. The second-order valence-electron chi connectivity index (χ2n) is 5.65. The Bertz CT molecular complexity index is 221. The molecule has 0 aliphatic carbocycles. The van der Waals surface area contributed by atoms with E-state index >= 15 is 0 Å². The normalized spacial score (nSPS) is 17.3. The fourth-order valence-corrected chi connectivity index (χ4v) is 1.88. The molecule has 0 saturated heterocycles. The Labute approximate surface area is 102 Å². The van der Waals surface area contributed by atoms with E-state index in [4.69, 9.17) is 0 Å². The van der Waals surface area contributed by atoms with E-state index in [1.165, 1.54) is 6.92 Å². The van der Waals surface area contributed by atoms with Crippen molar-refractivity contribution in [1.82, 2.24) is 4.90 Å². The first-order chi connectivity index (χ1) is 7.47. The van der Waals surface area contributed by atoms with Gasteiger partial charge in [-0.15, -0.1) is 0 Å². The molecule has 0 rings (SSSR count). The molecule has 0 aromatic heterocycles. The van der Waals surface area contributed by atoms with Crippen molar-refractivity contribution in [2.24, 2.45) is 11.3 Å². The third kappa shape index (κ3) is 6.88. The first-order valence-corrected chi connectivity index (χ1v) is 5.96. The first kappa shape index (κ1) is 16.7. The maximum Gasteiger partial charge on any atom is 0.401 e. The van der Waals surface area contributed by atoms with Gasteiger partial charge >= 0.3 is 6.18 Å². The predicted octanol–water partition coefficient (Wildman–Crippen LogP) is 3.26. The van der Waals surface area contributed by atoms with Crippen LogP contribution in [-0.4, -0.2) is 35.5 Å². The van der Waals surface area contributed by atoms with Gasteiger partial charge in [0.2, 0.25) is 0 Å². The Kier molecular flexibility index (Phi) is 5.94. The number of hydrogen-bond donors (Lipinski definition) is 1. The van der Waals surface area contributed by atoms with Crippen LogP contribution in [0.1, 0.15) is 41.0 Å². The van der Waals surface area contributed by atoms with E-state index in [0.717, 1.165) is 11.3 Å². The van der Waals surface area contributed by atoms with Crippen LogP contribution in [0.3, 0.4) is 0 Å². The molecule has 1 N–H and O–H groups in total. The quantitative estimate of drug-likeness (QED) is 0.762. The summed E-state index contributed by atoms with van der Waals surface area (Å²) in [6.45, 7) is 8.57. The molecular weight excluding hydrogens is 231 g/mol. The molecule has 0 saturated carbocycles. The number of halogens is 3. The van der Waals surface area contributed by atoms with Gasteiger partial charge in [-0.05, 0) is 18.3 Å². The number of rotatable bonds is 5. The molecule has 0 aromatic rings. The molecule has 0 aromatic carbocycles. The molecule has 0 spiro atoms. The van der Waals surface area contributed by atoms with Crippen molar-refractivity contribution in [2.75, 3.05) is 13.1 Å². The van der Waals surface area contributed by atoms with E-state index in [2.05, 4.69) is 0 Å². The van der Waals surface area contributed by atoms with Gasteiger partial charge in [-0.25, -0.2) is 0 Å². The summed E-state index contributed by atoms with van der Waals surface area (Å²) in [5.41, 5.74) is -0.0620. The maximum absolute atomic E-state index is 12.4. The van der Waals surface area contributed by atoms with E-state index in [1.807, 2.05) is 27.7 Å². The Morgan fingerprint density at radius 2 is 1.65 bits per heavy atom. The molecule has 0 heterocycles. The minimum Gasteiger partial charge on any atom is -0.379 e. The van der Waals surface area contributed by atoms with Gasteiger partial charge in [-0.1, -0.05) is 34.1 Å². The largest absolute Gasteiger partial charge is 0.401 e. The number of nitrogens with zero attached hydrogens (tertiary/aromatic N) is 1.